The number of aliphatic carboxylic acids is 1. The Morgan fingerprint density at radius 3 is 2.27 bits per heavy atom. The molecule has 116 valence electrons. The molecule has 1 aromatic rings. The van der Waals surface area contributed by atoms with Crippen LogP contribution < -0.4 is 34.7 Å². The molecule has 0 heterocycles. The summed E-state index contributed by atoms with van der Waals surface area (Å²) in [5, 5.41) is 11.1. The Morgan fingerprint density at radius 1 is 1.18 bits per heavy atom. The molecule has 0 saturated heterocycles. The minimum Gasteiger partial charge on any atom is -0.550 e. The van der Waals surface area contributed by atoms with E-state index in [1.54, 1.807) is 20.8 Å². The summed E-state index contributed by atoms with van der Waals surface area (Å²) in [4.78, 5) is 22.8. The summed E-state index contributed by atoms with van der Waals surface area (Å²) < 4.78 is 5.15. The molecule has 4 nitrogen and oxygen atoms in total. The number of aryl methyl sites for hydroxylation is 1. The van der Waals surface area contributed by atoms with Gasteiger partial charge in [0.2, 0.25) is 0 Å². The minimum absolute atomic E-state index is 0. The van der Waals surface area contributed by atoms with Crippen LogP contribution in [-0.2, 0) is 20.7 Å². The van der Waals surface area contributed by atoms with E-state index in [0.29, 0.717) is 12.8 Å². The number of hydrogen-bond acceptors (Lipinski definition) is 4. The number of carbonyl (C=O) groups is 2. The van der Waals surface area contributed by atoms with Crippen LogP contribution in [0.1, 0.15) is 45.6 Å². The number of carboxylic acids is 1. The molecule has 0 bridgehead atoms. The van der Waals surface area contributed by atoms with Gasteiger partial charge in [-0.25, -0.2) is 0 Å². The number of hydrogen-bond donors (Lipinski definition) is 0. The average molecular weight is 314 g/mol. The summed E-state index contributed by atoms with van der Waals surface area (Å²) in [5.41, 5.74) is 0.560. The zero-order chi connectivity index (χ0) is 15.9. The fourth-order valence-corrected chi connectivity index (χ4v) is 2.08. The van der Waals surface area contributed by atoms with Crippen molar-refractivity contribution >= 4 is 11.9 Å². The standard InChI is InChI=1S/C17H24O4.Na/c1-17(2,3)21-15(18)12-14(16(19)20)11-7-10-13-8-5-4-6-9-13;/h4-6,8-9,14H,7,10-12H2,1-3H3,(H,19,20);/q;+1/p-1/t14-;/m1./s1. The Bertz CT molecular complexity index is 465. The molecule has 0 unspecified atom stereocenters. The zero-order valence-corrected chi connectivity index (χ0v) is 15.9. The number of benzene rings is 1. The van der Waals surface area contributed by atoms with Crippen molar-refractivity contribution in [1.82, 2.24) is 0 Å². The molecule has 0 aliphatic carbocycles. The van der Waals surface area contributed by atoms with Crippen LogP contribution >= 0.6 is 0 Å². The van der Waals surface area contributed by atoms with Gasteiger partial charge in [-0.3, -0.25) is 4.79 Å². The first-order valence-electron chi connectivity index (χ1n) is 7.24. The number of carbonyl (C=O) groups excluding carboxylic acids is 2. The topological polar surface area (TPSA) is 66.4 Å². The first-order chi connectivity index (χ1) is 9.78. The van der Waals surface area contributed by atoms with Crippen LogP contribution in [0.4, 0.5) is 0 Å². The molecular weight excluding hydrogens is 291 g/mol. The number of esters is 1. The summed E-state index contributed by atoms with van der Waals surface area (Å²) in [5.74, 6) is -2.46. The largest absolute Gasteiger partial charge is 1.00 e. The molecule has 1 atom stereocenters. The number of ether oxygens (including phenoxy) is 1. The monoisotopic (exact) mass is 314 g/mol. The smallest absolute Gasteiger partial charge is 0.550 e. The zero-order valence-electron chi connectivity index (χ0n) is 13.9. The van der Waals surface area contributed by atoms with Gasteiger partial charge in [-0.05, 0) is 45.6 Å². The van der Waals surface area contributed by atoms with Gasteiger partial charge in [-0.15, -0.1) is 0 Å². The minimum atomic E-state index is -1.19. The van der Waals surface area contributed by atoms with E-state index >= 15 is 0 Å². The molecule has 0 saturated carbocycles. The molecular formula is C17H23NaO4. The van der Waals surface area contributed by atoms with Gasteiger partial charge in [-0.1, -0.05) is 30.3 Å². The maximum absolute atomic E-state index is 11.7. The van der Waals surface area contributed by atoms with Crippen LogP contribution in [0.2, 0.25) is 0 Å². The summed E-state index contributed by atoms with van der Waals surface area (Å²) in [6.45, 7) is 5.27. The fraction of sp³-hybridized carbons (Fsp3) is 0.529. The van der Waals surface area contributed by atoms with Gasteiger partial charge in [0.25, 0.3) is 0 Å². The Morgan fingerprint density at radius 2 is 1.77 bits per heavy atom. The van der Waals surface area contributed by atoms with E-state index < -0.39 is 23.5 Å². The van der Waals surface area contributed by atoms with Crippen molar-refractivity contribution in [3.8, 4) is 0 Å². The molecule has 5 heteroatoms. The van der Waals surface area contributed by atoms with Crippen molar-refractivity contribution in [3.05, 3.63) is 35.9 Å². The number of rotatable bonds is 7. The van der Waals surface area contributed by atoms with Crippen LogP contribution in [-0.4, -0.2) is 17.5 Å². The molecule has 0 radical (unpaired) electrons. The number of carboxylic acid groups (broad SMARTS) is 1. The molecule has 1 rings (SSSR count). The van der Waals surface area contributed by atoms with Crippen molar-refractivity contribution in [2.24, 2.45) is 5.92 Å². The third kappa shape index (κ3) is 9.23. The van der Waals surface area contributed by atoms with Crippen LogP contribution in [0.5, 0.6) is 0 Å². The first-order valence-corrected chi connectivity index (χ1v) is 7.24. The van der Waals surface area contributed by atoms with Gasteiger partial charge >= 0.3 is 35.5 Å². The Balaban J connectivity index is 0.00000441. The van der Waals surface area contributed by atoms with Gasteiger partial charge in [0.05, 0.1) is 6.42 Å². The summed E-state index contributed by atoms with van der Waals surface area (Å²) in [6.07, 6.45) is 1.77. The summed E-state index contributed by atoms with van der Waals surface area (Å²) >= 11 is 0. The van der Waals surface area contributed by atoms with E-state index in [1.807, 2.05) is 30.3 Å². The van der Waals surface area contributed by atoms with Crippen molar-refractivity contribution < 1.29 is 49.0 Å². The Labute approximate surface area is 154 Å². The van der Waals surface area contributed by atoms with E-state index in [0.717, 1.165) is 12.0 Å². The van der Waals surface area contributed by atoms with Crippen molar-refractivity contribution in [3.63, 3.8) is 0 Å². The van der Waals surface area contributed by atoms with E-state index in [4.69, 9.17) is 4.74 Å². The second kappa shape index (κ2) is 10.0. The quantitative estimate of drug-likeness (QED) is 0.484. The molecule has 0 fully saturated rings. The molecule has 0 aliphatic heterocycles. The molecule has 22 heavy (non-hydrogen) atoms. The predicted molar refractivity (Wildman–Crippen MR) is 78.3 cm³/mol. The van der Waals surface area contributed by atoms with Crippen LogP contribution in [0, 0.1) is 5.92 Å². The SMILES string of the molecule is CC(C)(C)OC(=O)C[C@@H](CCCc1ccccc1)C(=O)[O-].[Na+]. The molecule has 1 aromatic carbocycles. The van der Waals surface area contributed by atoms with Crippen LogP contribution in [0.3, 0.4) is 0 Å². The molecule has 0 N–H and O–H groups in total. The maximum atomic E-state index is 11.7. The molecule has 0 aromatic heterocycles. The fourth-order valence-electron chi connectivity index (χ4n) is 2.08. The van der Waals surface area contributed by atoms with E-state index in [1.165, 1.54) is 0 Å². The molecule has 0 spiro atoms. The third-order valence-corrected chi connectivity index (χ3v) is 3.03. The predicted octanol–water partition coefficient (Wildman–Crippen LogP) is -0.889. The van der Waals surface area contributed by atoms with Gasteiger partial charge in [0.15, 0.2) is 0 Å². The molecule has 0 aliphatic rings. The third-order valence-electron chi connectivity index (χ3n) is 3.03. The normalized spacial score (nSPS) is 12.1. The Kier molecular flexibility index (Phi) is 9.65. The van der Waals surface area contributed by atoms with Crippen molar-refractivity contribution in [2.45, 2.75) is 52.1 Å². The average Bonchev–Trinajstić information content (AvgIpc) is 2.36. The van der Waals surface area contributed by atoms with Gasteiger partial charge in [-0.2, -0.15) is 0 Å². The van der Waals surface area contributed by atoms with E-state index in [9.17, 15) is 14.7 Å². The first kappa shape index (κ1) is 21.2. The second-order valence-corrected chi connectivity index (χ2v) is 6.18. The van der Waals surface area contributed by atoms with Crippen LogP contribution in [0.25, 0.3) is 0 Å². The van der Waals surface area contributed by atoms with Crippen molar-refractivity contribution in [1.29, 1.82) is 0 Å². The Hall–Kier alpha value is -0.840. The van der Waals surface area contributed by atoms with Gasteiger partial charge in [0, 0.05) is 11.9 Å². The molecule has 0 amide bonds. The summed E-state index contributed by atoms with van der Waals surface area (Å²) in [7, 11) is 0. The van der Waals surface area contributed by atoms with Gasteiger partial charge < -0.3 is 14.6 Å². The van der Waals surface area contributed by atoms with E-state index in [2.05, 4.69) is 0 Å². The van der Waals surface area contributed by atoms with Crippen molar-refractivity contribution in [2.75, 3.05) is 0 Å². The van der Waals surface area contributed by atoms with Gasteiger partial charge in [0.1, 0.15) is 5.60 Å². The maximum Gasteiger partial charge on any atom is 1.00 e. The van der Waals surface area contributed by atoms with Crippen LogP contribution in [0.15, 0.2) is 30.3 Å². The second-order valence-electron chi connectivity index (χ2n) is 6.18. The summed E-state index contributed by atoms with van der Waals surface area (Å²) in [6, 6.07) is 9.85. The van der Waals surface area contributed by atoms with E-state index in [-0.39, 0.29) is 36.0 Å².